The molecule has 0 radical (unpaired) electrons. The average Bonchev–Trinajstić information content (AvgIpc) is 2.58. The van der Waals surface area contributed by atoms with Crippen molar-refractivity contribution in [3.05, 3.63) is 18.0 Å². The van der Waals surface area contributed by atoms with E-state index in [9.17, 15) is 0 Å². The normalized spacial score (nSPS) is 29.5. The number of hydrogen-bond donors (Lipinski definition) is 1. The van der Waals surface area contributed by atoms with Crippen LogP contribution in [0.25, 0.3) is 0 Å². The minimum absolute atomic E-state index is 0.452. The van der Waals surface area contributed by atoms with Gasteiger partial charge in [0, 0.05) is 30.6 Å². The van der Waals surface area contributed by atoms with Crippen molar-refractivity contribution in [1.82, 2.24) is 15.1 Å². The number of aryl methyl sites for hydroxylation is 1. The molecule has 2 heterocycles. The van der Waals surface area contributed by atoms with Crippen LogP contribution < -0.4 is 5.32 Å². The van der Waals surface area contributed by atoms with Gasteiger partial charge in [-0.05, 0) is 6.92 Å². The fourth-order valence-electron chi connectivity index (χ4n) is 1.36. The monoisotopic (exact) mass is 183 g/mol. The lowest BCUT2D eigenvalue weighted by molar-refractivity contribution is 0.618. The first-order valence-corrected chi connectivity index (χ1v) is 5.17. The summed E-state index contributed by atoms with van der Waals surface area (Å²) in [5.74, 6) is 1.19. The van der Waals surface area contributed by atoms with Crippen molar-refractivity contribution in [1.29, 1.82) is 0 Å². The fraction of sp³-hybridized carbons (Fsp3) is 0.625. The van der Waals surface area contributed by atoms with Gasteiger partial charge in [0.25, 0.3) is 0 Å². The highest BCUT2D eigenvalue weighted by Gasteiger charge is 2.22. The lowest BCUT2D eigenvalue weighted by Crippen LogP contribution is -2.21. The van der Waals surface area contributed by atoms with Crippen LogP contribution in [0.5, 0.6) is 0 Å². The predicted octanol–water partition coefficient (Wildman–Crippen LogP) is 1.14. The third kappa shape index (κ3) is 1.49. The van der Waals surface area contributed by atoms with Gasteiger partial charge in [0.2, 0.25) is 0 Å². The number of hydrogen-bond acceptors (Lipinski definition) is 3. The number of aromatic nitrogens is 2. The van der Waals surface area contributed by atoms with Crippen molar-refractivity contribution in [2.75, 3.05) is 5.75 Å². The Morgan fingerprint density at radius 2 is 2.58 bits per heavy atom. The van der Waals surface area contributed by atoms with Crippen LogP contribution >= 0.6 is 11.8 Å². The Hall–Kier alpha value is -0.480. The Balaban J connectivity index is 2.11. The second kappa shape index (κ2) is 3.11. The molecule has 2 atom stereocenters. The smallest absolute Gasteiger partial charge is 0.0822 e. The molecule has 0 aromatic carbocycles. The van der Waals surface area contributed by atoms with E-state index in [-0.39, 0.29) is 0 Å². The van der Waals surface area contributed by atoms with Crippen LogP contribution in [-0.2, 0) is 7.05 Å². The maximum Gasteiger partial charge on any atom is 0.0822 e. The van der Waals surface area contributed by atoms with Crippen molar-refractivity contribution < 1.29 is 0 Å². The zero-order valence-electron chi connectivity index (χ0n) is 7.32. The van der Waals surface area contributed by atoms with Gasteiger partial charge in [-0.2, -0.15) is 5.10 Å². The lowest BCUT2D eigenvalue weighted by Gasteiger charge is -2.06. The Morgan fingerprint density at radius 1 is 1.75 bits per heavy atom. The van der Waals surface area contributed by atoms with Gasteiger partial charge in [-0.25, -0.2) is 0 Å². The molecule has 0 saturated carbocycles. The molecule has 4 heteroatoms. The molecule has 1 aliphatic heterocycles. The van der Waals surface area contributed by atoms with Gasteiger partial charge >= 0.3 is 0 Å². The second-order valence-corrected chi connectivity index (χ2v) is 4.37. The molecule has 0 amide bonds. The molecule has 1 N–H and O–H groups in total. The first kappa shape index (κ1) is 8.13. The topological polar surface area (TPSA) is 29.9 Å². The van der Waals surface area contributed by atoms with Crippen LogP contribution in [0.4, 0.5) is 0 Å². The SMILES string of the molecule is CC1CSC(c2cnn(C)c2)N1. The standard InChI is InChI=1S/C8H13N3S/c1-6-5-12-8(10-6)7-3-9-11(2)4-7/h3-4,6,8,10H,5H2,1-2H3. The Labute approximate surface area is 76.5 Å². The highest BCUT2D eigenvalue weighted by molar-refractivity contribution is 7.99. The highest BCUT2D eigenvalue weighted by atomic mass is 32.2. The summed E-state index contributed by atoms with van der Waals surface area (Å²) in [5, 5.41) is 8.10. The van der Waals surface area contributed by atoms with Gasteiger partial charge in [0.05, 0.1) is 11.6 Å². The summed E-state index contributed by atoms with van der Waals surface area (Å²) in [7, 11) is 1.95. The molecule has 1 aromatic rings. The molecule has 0 bridgehead atoms. The summed E-state index contributed by atoms with van der Waals surface area (Å²) in [6, 6.07) is 0.625. The Morgan fingerprint density at radius 3 is 3.08 bits per heavy atom. The molecule has 3 nitrogen and oxygen atoms in total. The Kier molecular flexibility index (Phi) is 2.11. The van der Waals surface area contributed by atoms with Crippen molar-refractivity contribution in [2.45, 2.75) is 18.3 Å². The van der Waals surface area contributed by atoms with Crippen LogP contribution in [0.1, 0.15) is 17.9 Å². The molecular weight excluding hydrogens is 170 g/mol. The summed E-state index contributed by atoms with van der Waals surface area (Å²) < 4.78 is 1.85. The van der Waals surface area contributed by atoms with Crippen LogP contribution in [-0.4, -0.2) is 21.6 Å². The van der Waals surface area contributed by atoms with E-state index in [1.807, 2.05) is 29.7 Å². The van der Waals surface area contributed by atoms with Crippen molar-refractivity contribution in [3.8, 4) is 0 Å². The van der Waals surface area contributed by atoms with Crippen LogP contribution in [0.2, 0.25) is 0 Å². The first-order chi connectivity index (χ1) is 5.75. The van der Waals surface area contributed by atoms with E-state index >= 15 is 0 Å². The number of nitrogens with one attached hydrogen (secondary N) is 1. The molecule has 12 heavy (non-hydrogen) atoms. The molecule has 0 aliphatic carbocycles. The number of thioether (sulfide) groups is 1. The van der Waals surface area contributed by atoms with Gasteiger partial charge in [-0.15, -0.1) is 11.8 Å². The molecule has 2 unspecified atom stereocenters. The van der Waals surface area contributed by atoms with E-state index < -0.39 is 0 Å². The van der Waals surface area contributed by atoms with E-state index in [1.54, 1.807) is 0 Å². The summed E-state index contributed by atoms with van der Waals surface area (Å²) in [5.41, 5.74) is 1.28. The number of nitrogens with zero attached hydrogens (tertiary/aromatic N) is 2. The summed E-state index contributed by atoms with van der Waals surface area (Å²) >= 11 is 1.95. The average molecular weight is 183 g/mol. The zero-order valence-corrected chi connectivity index (χ0v) is 8.14. The van der Waals surface area contributed by atoms with E-state index in [0.717, 1.165) is 0 Å². The third-order valence-corrected chi connectivity index (χ3v) is 3.41. The molecule has 1 aromatic heterocycles. The van der Waals surface area contributed by atoms with E-state index in [1.165, 1.54) is 11.3 Å². The summed E-state index contributed by atoms with van der Waals surface area (Å²) in [6.45, 7) is 2.21. The minimum atomic E-state index is 0.452. The Bertz CT molecular complexity index is 271. The minimum Gasteiger partial charge on any atom is -0.298 e. The molecular formula is C8H13N3S. The maximum absolute atomic E-state index is 4.15. The van der Waals surface area contributed by atoms with Crippen LogP contribution in [0.3, 0.4) is 0 Å². The summed E-state index contributed by atoms with van der Waals surface area (Å²) in [6.07, 6.45) is 4.01. The lowest BCUT2D eigenvalue weighted by atomic mass is 10.3. The van der Waals surface area contributed by atoms with Gasteiger partial charge < -0.3 is 0 Å². The quantitative estimate of drug-likeness (QED) is 0.708. The van der Waals surface area contributed by atoms with Gasteiger partial charge in [-0.1, -0.05) is 0 Å². The largest absolute Gasteiger partial charge is 0.298 e. The van der Waals surface area contributed by atoms with E-state index in [2.05, 4.69) is 23.5 Å². The van der Waals surface area contributed by atoms with Crippen LogP contribution in [0, 0.1) is 0 Å². The van der Waals surface area contributed by atoms with Crippen molar-refractivity contribution in [3.63, 3.8) is 0 Å². The second-order valence-electron chi connectivity index (χ2n) is 3.23. The fourth-order valence-corrected chi connectivity index (χ4v) is 2.58. The van der Waals surface area contributed by atoms with Crippen molar-refractivity contribution >= 4 is 11.8 Å². The first-order valence-electron chi connectivity index (χ1n) is 4.12. The molecule has 1 aliphatic rings. The predicted molar refractivity (Wildman–Crippen MR) is 51.0 cm³/mol. The zero-order chi connectivity index (χ0) is 8.55. The van der Waals surface area contributed by atoms with Gasteiger partial charge in [0.15, 0.2) is 0 Å². The van der Waals surface area contributed by atoms with Gasteiger partial charge in [-0.3, -0.25) is 10.00 Å². The molecule has 0 spiro atoms. The number of rotatable bonds is 1. The van der Waals surface area contributed by atoms with Crippen LogP contribution in [0.15, 0.2) is 12.4 Å². The molecule has 1 fully saturated rings. The molecule has 2 rings (SSSR count). The highest BCUT2D eigenvalue weighted by Crippen LogP contribution is 2.31. The van der Waals surface area contributed by atoms with Crippen molar-refractivity contribution in [2.24, 2.45) is 7.05 Å². The third-order valence-electron chi connectivity index (χ3n) is 1.98. The maximum atomic E-state index is 4.15. The van der Waals surface area contributed by atoms with Gasteiger partial charge in [0.1, 0.15) is 0 Å². The van der Waals surface area contributed by atoms with E-state index in [4.69, 9.17) is 0 Å². The molecule has 1 saturated heterocycles. The molecule has 66 valence electrons. The summed E-state index contributed by atoms with van der Waals surface area (Å²) in [4.78, 5) is 0. The van der Waals surface area contributed by atoms with E-state index in [0.29, 0.717) is 11.4 Å².